The Labute approximate surface area is 402 Å². The van der Waals surface area contributed by atoms with Crippen LogP contribution in [0.5, 0.6) is 0 Å². The molecule has 10 nitrogen and oxygen atoms in total. The van der Waals surface area contributed by atoms with Gasteiger partial charge in [-0.1, -0.05) is 143 Å². The first-order valence-electron chi connectivity index (χ1n) is 26.3. The van der Waals surface area contributed by atoms with Crippen LogP contribution < -0.4 is 11.2 Å². The molecule has 0 spiro atoms. The molecular formula is C52H105N5NbO5. The fraction of sp³-hybridized carbons (Fsp3) is 0.904. The molecule has 1 unspecified atom stereocenters. The third kappa shape index (κ3) is 51.6. The fourth-order valence-electron chi connectivity index (χ4n) is 7.62. The second-order valence-corrected chi connectivity index (χ2v) is 18.6. The van der Waals surface area contributed by atoms with E-state index in [4.69, 9.17) is 20.6 Å². The first kappa shape index (κ1) is 66.0. The number of hydrogen-bond donors (Lipinski definition) is 4. The number of hydrogen-bond acceptors (Lipinski definition) is 8. The molecule has 11 heteroatoms. The molecule has 0 aliphatic heterocycles. The molecule has 1 atom stereocenters. The van der Waals surface area contributed by atoms with Crippen molar-refractivity contribution in [1.29, 1.82) is 5.41 Å². The van der Waals surface area contributed by atoms with Crippen molar-refractivity contribution in [2.45, 2.75) is 265 Å². The molecular weight excluding hydrogens is 868 g/mol. The molecule has 0 bridgehead atoms. The minimum atomic E-state index is -0.0859. The molecule has 63 heavy (non-hydrogen) atoms. The normalized spacial score (nSPS) is 11.8. The van der Waals surface area contributed by atoms with Crippen molar-refractivity contribution in [3.63, 3.8) is 0 Å². The van der Waals surface area contributed by atoms with Gasteiger partial charge < -0.3 is 19.1 Å². The van der Waals surface area contributed by atoms with Crippen LogP contribution in [0.15, 0.2) is 4.99 Å². The Hall–Kier alpha value is -1.27. The number of nitrogens with zero attached hydrogens (tertiary/aromatic N) is 2. The topological polar surface area (TPSA) is 150 Å². The van der Waals surface area contributed by atoms with Crippen LogP contribution in [0.1, 0.15) is 252 Å². The molecule has 0 radical (unpaired) electrons. The number of carbonyl (C=O) groups excluding carboxylic acids is 2. The number of rotatable bonds is 46. The zero-order valence-electron chi connectivity index (χ0n) is 42.4. The molecule has 5 N–H and O–H groups in total. The molecule has 0 heterocycles. The minimum absolute atomic E-state index is 0.0859. The van der Waals surface area contributed by atoms with Crippen LogP contribution in [-0.2, 0) is 39.7 Å². The predicted octanol–water partition coefficient (Wildman–Crippen LogP) is 13.5. The van der Waals surface area contributed by atoms with Gasteiger partial charge in [-0.15, -0.1) is 0 Å². The molecule has 0 rings (SSSR count). The monoisotopic (exact) mass is 973 g/mol. The van der Waals surface area contributed by atoms with Gasteiger partial charge in [0, 0.05) is 27.1 Å². The van der Waals surface area contributed by atoms with Crippen molar-refractivity contribution in [3.8, 4) is 0 Å². The number of nitrogens with two attached hydrogens (primary N) is 1. The molecule has 0 fully saturated rings. The van der Waals surface area contributed by atoms with Gasteiger partial charge in [0.25, 0.3) is 0 Å². The van der Waals surface area contributed by atoms with Gasteiger partial charge in [0.1, 0.15) is 12.6 Å². The Morgan fingerprint density at radius 1 is 0.587 bits per heavy atom. The van der Waals surface area contributed by atoms with Gasteiger partial charge in [-0.05, 0) is 38.5 Å². The van der Waals surface area contributed by atoms with Crippen LogP contribution in [0.4, 0.5) is 0 Å². The zero-order chi connectivity index (χ0) is 47.3. The Morgan fingerprint density at radius 3 is 1.29 bits per heavy atom. The number of ether oxygens (including phenoxy) is 2. The summed E-state index contributed by atoms with van der Waals surface area (Å²) in [6.07, 6.45) is 46.5. The number of hydroxylamine groups is 1. The van der Waals surface area contributed by atoms with E-state index < -0.39 is 0 Å². The second-order valence-electron chi connectivity index (χ2n) is 17.5. The van der Waals surface area contributed by atoms with Gasteiger partial charge in [0.15, 0.2) is 0 Å². The zero-order valence-corrected chi connectivity index (χ0v) is 44.6. The summed E-state index contributed by atoms with van der Waals surface area (Å²) in [5.41, 5.74) is 7.51. The van der Waals surface area contributed by atoms with Crippen LogP contribution in [0, 0.1) is 5.41 Å². The molecule has 0 aliphatic rings. The average Bonchev–Trinajstić information content (AvgIpc) is 3.29. The molecule has 0 aliphatic carbocycles. The van der Waals surface area contributed by atoms with E-state index in [1.165, 1.54) is 181 Å². The van der Waals surface area contributed by atoms with E-state index in [9.17, 15) is 14.8 Å². The second kappa shape index (κ2) is 56.9. The van der Waals surface area contributed by atoms with Crippen LogP contribution in [0.25, 0.3) is 0 Å². The van der Waals surface area contributed by atoms with Crippen molar-refractivity contribution < 1.29 is 44.9 Å². The summed E-state index contributed by atoms with van der Waals surface area (Å²) in [7, 11) is 3.71. The van der Waals surface area contributed by atoms with Crippen molar-refractivity contribution in [1.82, 2.24) is 10.4 Å². The van der Waals surface area contributed by atoms with Crippen molar-refractivity contribution in [2.75, 3.05) is 40.4 Å². The molecule has 0 aromatic carbocycles. The maximum absolute atomic E-state index is 10.4. The van der Waals surface area contributed by atoms with Crippen LogP contribution in [-0.4, -0.2) is 90.7 Å². The number of nitrogens with one attached hydrogen (secondary N) is 2. The summed E-state index contributed by atoms with van der Waals surface area (Å²) in [5, 5.41) is 16.7. The summed E-state index contributed by atoms with van der Waals surface area (Å²) >= 11 is 1.26. The van der Waals surface area contributed by atoms with Crippen LogP contribution in [0.2, 0.25) is 0 Å². The third-order valence-electron chi connectivity index (χ3n) is 11.8. The van der Waals surface area contributed by atoms with Crippen molar-refractivity contribution >= 4 is 28.0 Å². The Kier molecular flexibility index (Phi) is 59.6. The average molecular weight is 973 g/mol. The molecule has 373 valence electrons. The summed E-state index contributed by atoms with van der Waals surface area (Å²) in [6, 6.07) is 0. The summed E-state index contributed by atoms with van der Waals surface area (Å²) < 4.78 is 11.4. The quantitative estimate of drug-likeness (QED) is 0.0118. The molecule has 0 aromatic rings. The van der Waals surface area contributed by atoms with E-state index >= 15 is 0 Å². The van der Waals surface area contributed by atoms with Crippen molar-refractivity contribution in [3.05, 3.63) is 0 Å². The number of amidine groups is 2. The van der Waals surface area contributed by atoms with E-state index in [0.717, 1.165) is 83.6 Å². The molecule has 0 amide bonds. The maximum atomic E-state index is 10.4. The van der Waals surface area contributed by atoms with Gasteiger partial charge in [-0.2, -0.15) is 0 Å². The Morgan fingerprint density at radius 2 is 0.937 bits per heavy atom. The number of unbranched alkanes of at least 4 members (excludes halogenated alkanes) is 25. The number of aldehydes is 2. The van der Waals surface area contributed by atoms with Crippen LogP contribution >= 0.6 is 0 Å². The Balaban J connectivity index is -0.000000952. The summed E-state index contributed by atoms with van der Waals surface area (Å²) in [5.74, 6) is 0.191. The number of carbonyl (C=O) groups is 2. The third-order valence-corrected chi connectivity index (χ3v) is 13.0. The molecule has 0 saturated carbocycles. The molecule has 0 aromatic heterocycles. The van der Waals surface area contributed by atoms with Gasteiger partial charge >= 0.3 is 152 Å². The van der Waals surface area contributed by atoms with E-state index in [0.29, 0.717) is 35.3 Å². The van der Waals surface area contributed by atoms with Gasteiger partial charge in [-0.25, -0.2) is 0 Å². The van der Waals surface area contributed by atoms with E-state index in [1.807, 2.05) is 19.7 Å². The van der Waals surface area contributed by atoms with E-state index in [2.05, 4.69) is 37.6 Å². The fourth-order valence-corrected chi connectivity index (χ4v) is 7.92. The first-order chi connectivity index (χ1) is 30.8. The van der Waals surface area contributed by atoms with E-state index in [1.54, 1.807) is 0 Å². The van der Waals surface area contributed by atoms with Gasteiger partial charge in [0.2, 0.25) is 0 Å². The SMILES string of the molecule is CCCCCCCCC(CC)OC.CCCCCCCCC(CCCCCCCC)OC.N=C(N)[C](=[Nb])C(=NCCCN(CCCCCCCC=O)CCCCCCCC=O)NO. The Bertz CT molecular complexity index is 962. The molecule has 0 saturated heterocycles. The van der Waals surface area contributed by atoms with Gasteiger partial charge in [-0.3, -0.25) is 0 Å². The van der Waals surface area contributed by atoms with Crippen molar-refractivity contribution in [2.24, 2.45) is 10.7 Å². The van der Waals surface area contributed by atoms with Gasteiger partial charge in [0.05, 0.1) is 12.2 Å². The van der Waals surface area contributed by atoms with E-state index in [-0.39, 0.29) is 11.7 Å². The summed E-state index contributed by atoms with van der Waals surface area (Å²) in [4.78, 5) is 27.6. The summed E-state index contributed by atoms with van der Waals surface area (Å²) in [6.45, 7) is 12.7. The predicted molar refractivity (Wildman–Crippen MR) is 269 cm³/mol. The number of aliphatic imine (C=N–C) groups is 1. The number of methoxy groups -OCH3 is 2. The first-order valence-corrected chi connectivity index (χ1v) is 27.4. The van der Waals surface area contributed by atoms with Crippen LogP contribution in [0.3, 0.4) is 0 Å². The standard InChI is InChI=1S/C22H41N5O3.C18H38O.C12H26O.Nb/c23-21(24)20-22(26-30)25-14-13-17-27(15-9-5-1-3-7-11-18-28)16-10-6-2-4-8-12-19-29;1-4-6-8-10-12-14-16-18(19-3)17-15-13-11-9-7-5-2;1-4-6-7-8-9-10-11-12(5-2)13-3;/h18-19,30H,1-17H2,(H3,23,24)(H,25,26);18H,4-17H2,1-3H3;12H,4-11H2,1-3H3;.